The van der Waals surface area contributed by atoms with Gasteiger partial charge in [-0.25, -0.2) is 26.3 Å². The molecule has 8 N–H and O–H groups in total. The van der Waals surface area contributed by atoms with Gasteiger partial charge in [0.1, 0.15) is 5.69 Å². The van der Waals surface area contributed by atoms with E-state index in [1.165, 1.54) is 11.3 Å². The van der Waals surface area contributed by atoms with Crippen LogP contribution in [0.4, 0.5) is 21.4 Å². The molecular formula is C13H13N9O2S. The number of nitrogens with two attached hydrogens (primary N) is 4. The second-order valence-electron chi connectivity index (χ2n) is 4.85. The fourth-order valence-electron chi connectivity index (χ4n) is 2.04. The van der Waals surface area contributed by atoms with Gasteiger partial charge in [0.05, 0.1) is 4.88 Å². The topological polar surface area (TPSA) is 183 Å². The van der Waals surface area contributed by atoms with E-state index in [-0.39, 0.29) is 17.5 Å². The van der Waals surface area contributed by atoms with Gasteiger partial charge in [0.2, 0.25) is 0 Å². The number of benzene rings is 1. The number of primary amides is 2. The van der Waals surface area contributed by atoms with Crippen molar-refractivity contribution in [3.05, 3.63) is 30.3 Å². The highest BCUT2D eigenvalue weighted by atomic mass is 32.1. The van der Waals surface area contributed by atoms with Crippen molar-refractivity contribution in [3.63, 3.8) is 0 Å². The van der Waals surface area contributed by atoms with Crippen LogP contribution in [0.3, 0.4) is 0 Å². The molecule has 2 heterocycles. The summed E-state index contributed by atoms with van der Waals surface area (Å²) in [6.07, 6.45) is 0. The SMILES string of the molecule is NC(=O)N(N)c1nnc(-c2cc3ccccc3s2)c(N(N)C(N)=O)n1. The molecule has 128 valence electrons. The third kappa shape index (κ3) is 3.03. The lowest BCUT2D eigenvalue weighted by molar-refractivity contribution is 0.253. The first-order valence-corrected chi connectivity index (χ1v) is 7.62. The van der Waals surface area contributed by atoms with Crippen LogP contribution in [0.5, 0.6) is 0 Å². The summed E-state index contributed by atoms with van der Waals surface area (Å²) in [6.45, 7) is 0. The van der Waals surface area contributed by atoms with Gasteiger partial charge in [-0.05, 0) is 17.5 Å². The molecule has 3 rings (SSSR count). The number of amides is 4. The number of rotatable bonds is 3. The molecule has 12 heteroatoms. The van der Waals surface area contributed by atoms with Crippen molar-refractivity contribution >= 4 is 45.3 Å². The number of anilines is 2. The molecule has 2 aromatic heterocycles. The number of urea groups is 2. The number of thiophene rings is 1. The molecule has 3 aromatic rings. The van der Waals surface area contributed by atoms with Crippen molar-refractivity contribution in [2.24, 2.45) is 23.2 Å². The minimum atomic E-state index is -1.01. The fourth-order valence-corrected chi connectivity index (χ4v) is 3.08. The zero-order valence-corrected chi connectivity index (χ0v) is 13.5. The van der Waals surface area contributed by atoms with E-state index in [0.717, 1.165) is 10.1 Å². The first-order valence-electron chi connectivity index (χ1n) is 6.80. The maximum absolute atomic E-state index is 11.5. The van der Waals surface area contributed by atoms with E-state index in [4.69, 9.17) is 23.2 Å². The Hall–Kier alpha value is -3.35. The first kappa shape index (κ1) is 16.5. The van der Waals surface area contributed by atoms with Crippen LogP contribution >= 0.6 is 11.3 Å². The number of hydrogen-bond donors (Lipinski definition) is 4. The molecule has 0 spiro atoms. The van der Waals surface area contributed by atoms with Gasteiger partial charge < -0.3 is 11.5 Å². The van der Waals surface area contributed by atoms with Crippen LogP contribution in [0.2, 0.25) is 0 Å². The molecule has 11 nitrogen and oxygen atoms in total. The minimum Gasteiger partial charge on any atom is -0.350 e. The lowest BCUT2D eigenvalue weighted by atomic mass is 10.2. The summed E-state index contributed by atoms with van der Waals surface area (Å²) in [4.78, 5) is 27.3. The van der Waals surface area contributed by atoms with Crippen molar-refractivity contribution in [1.82, 2.24) is 15.2 Å². The predicted molar refractivity (Wildman–Crippen MR) is 93.1 cm³/mol. The van der Waals surface area contributed by atoms with E-state index in [9.17, 15) is 9.59 Å². The summed E-state index contributed by atoms with van der Waals surface area (Å²) in [6, 6.07) is 7.51. The van der Waals surface area contributed by atoms with Crippen LogP contribution < -0.4 is 33.2 Å². The van der Waals surface area contributed by atoms with Gasteiger partial charge in [0.25, 0.3) is 5.95 Å². The first-order chi connectivity index (χ1) is 11.9. The summed E-state index contributed by atoms with van der Waals surface area (Å²) in [5, 5.41) is 9.78. The van der Waals surface area contributed by atoms with E-state index in [1.54, 1.807) is 0 Å². The Balaban J connectivity index is 2.17. The second-order valence-corrected chi connectivity index (χ2v) is 5.93. The van der Waals surface area contributed by atoms with Crippen LogP contribution in [0, 0.1) is 0 Å². The van der Waals surface area contributed by atoms with E-state index >= 15 is 0 Å². The van der Waals surface area contributed by atoms with Gasteiger partial charge in [-0.3, -0.25) is 0 Å². The third-order valence-corrected chi connectivity index (χ3v) is 4.36. The average molecular weight is 359 g/mol. The standard InChI is InChI=1S/C13H13N9O2S/c14-11(23)21(16)10-9(19-20-13(18-10)22(17)12(15)24)8-5-6-3-1-2-4-7(6)25-8/h1-5H,16-17H2,(H2,14,23)(H2,15,24). The minimum absolute atomic E-state index is 0.110. The van der Waals surface area contributed by atoms with E-state index in [2.05, 4.69) is 15.2 Å². The lowest BCUT2D eigenvalue weighted by Gasteiger charge is -2.17. The number of fused-ring (bicyclic) bond motifs is 1. The zero-order valence-electron chi connectivity index (χ0n) is 12.7. The van der Waals surface area contributed by atoms with Crippen LogP contribution in [0.1, 0.15) is 0 Å². The molecule has 0 bridgehead atoms. The fraction of sp³-hybridized carbons (Fsp3) is 0. The summed E-state index contributed by atoms with van der Waals surface area (Å²) < 4.78 is 0.995. The van der Waals surface area contributed by atoms with Gasteiger partial charge in [-0.2, -0.15) is 9.99 Å². The Bertz CT molecular complexity index is 940. The number of nitrogens with zero attached hydrogens (tertiary/aromatic N) is 5. The predicted octanol–water partition coefficient (Wildman–Crippen LogP) is 0.271. The Morgan fingerprint density at radius 1 is 1.00 bits per heavy atom. The molecule has 4 amide bonds. The number of hydrogen-bond acceptors (Lipinski definition) is 8. The highest BCUT2D eigenvalue weighted by Gasteiger charge is 2.23. The summed E-state index contributed by atoms with van der Waals surface area (Å²) in [5.41, 5.74) is 10.5. The average Bonchev–Trinajstić information content (AvgIpc) is 3.03. The normalized spacial score (nSPS) is 10.6. The van der Waals surface area contributed by atoms with Crippen LogP contribution in [0.25, 0.3) is 20.7 Å². The van der Waals surface area contributed by atoms with Crippen molar-refractivity contribution in [1.29, 1.82) is 0 Å². The van der Waals surface area contributed by atoms with Gasteiger partial charge >= 0.3 is 12.1 Å². The maximum atomic E-state index is 11.5. The van der Waals surface area contributed by atoms with E-state index < -0.39 is 12.1 Å². The van der Waals surface area contributed by atoms with Crippen LogP contribution in [-0.4, -0.2) is 27.2 Å². The van der Waals surface area contributed by atoms with E-state index in [1.807, 2.05) is 30.3 Å². The molecule has 0 aliphatic rings. The molecule has 25 heavy (non-hydrogen) atoms. The molecule has 0 atom stereocenters. The number of carbonyl (C=O) groups excluding carboxylic acids is 2. The van der Waals surface area contributed by atoms with Crippen molar-refractivity contribution in [3.8, 4) is 10.6 Å². The zero-order chi connectivity index (χ0) is 18.1. The molecule has 0 fully saturated rings. The number of aromatic nitrogens is 3. The summed E-state index contributed by atoms with van der Waals surface area (Å²) >= 11 is 1.40. The Kier molecular flexibility index (Phi) is 4.14. The quantitative estimate of drug-likeness (QED) is 0.294. The number of hydrazine groups is 2. The van der Waals surface area contributed by atoms with Gasteiger partial charge in [0, 0.05) is 4.70 Å². The summed E-state index contributed by atoms with van der Waals surface area (Å²) in [7, 11) is 0. The molecule has 0 aliphatic heterocycles. The molecule has 0 unspecified atom stereocenters. The van der Waals surface area contributed by atoms with Crippen molar-refractivity contribution < 1.29 is 9.59 Å². The maximum Gasteiger partial charge on any atom is 0.336 e. The molecular weight excluding hydrogens is 346 g/mol. The molecule has 0 saturated heterocycles. The van der Waals surface area contributed by atoms with Crippen LogP contribution in [0.15, 0.2) is 30.3 Å². The monoisotopic (exact) mass is 359 g/mol. The molecule has 0 saturated carbocycles. The Labute approximate surface area is 144 Å². The lowest BCUT2D eigenvalue weighted by Crippen LogP contribution is -2.45. The van der Waals surface area contributed by atoms with Gasteiger partial charge in [0.15, 0.2) is 5.82 Å². The largest absolute Gasteiger partial charge is 0.350 e. The Morgan fingerprint density at radius 3 is 2.32 bits per heavy atom. The Morgan fingerprint density at radius 2 is 1.68 bits per heavy atom. The molecule has 1 aromatic carbocycles. The second kappa shape index (κ2) is 6.27. The molecule has 0 radical (unpaired) electrons. The third-order valence-electron chi connectivity index (χ3n) is 3.23. The van der Waals surface area contributed by atoms with Crippen LogP contribution in [-0.2, 0) is 0 Å². The van der Waals surface area contributed by atoms with Crippen molar-refractivity contribution in [2.45, 2.75) is 0 Å². The highest BCUT2D eigenvalue weighted by molar-refractivity contribution is 7.22. The van der Waals surface area contributed by atoms with Gasteiger partial charge in [-0.1, -0.05) is 18.2 Å². The summed E-state index contributed by atoms with van der Waals surface area (Å²) in [5.74, 6) is 10.7. The van der Waals surface area contributed by atoms with Gasteiger partial charge in [-0.15, -0.1) is 21.5 Å². The smallest absolute Gasteiger partial charge is 0.336 e. The molecule has 0 aliphatic carbocycles. The number of carbonyl (C=O) groups is 2. The highest BCUT2D eigenvalue weighted by Crippen LogP contribution is 2.36. The van der Waals surface area contributed by atoms with E-state index in [0.29, 0.717) is 14.9 Å². The van der Waals surface area contributed by atoms with Crippen molar-refractivity contribution in [2.75, 3.05) is 10.0 Å².